The summed E-state index contributed by atoms with van der Waals surface area (Å²) < 4.78 is 5.50. The Morgan fingerprint density at radius 3 is 1.57 bits per heavy atom. The Morgan fingerprint density at radius 1 is 0.500 bits per heavy atom. The number of hydrogen-bond acceptors (Lipinski definition) is 4. The van der Waals surface area contributed by atoms with Gasteiger partial charge in [0.2, 0.25) is 5.82 Å². The molecule has 4 nitrogen and oxygen atoms in total. The number of aromatic nitrogens is 2. The maximum absolute atomic E-state index is 5.50. The van der Waals surface area contributed by atoms with Gasteiger partial charge in [0.1, 0.15) is 0 Å². The Kier molecular flexibility index (Phi) is 4.80. The molecule has 0 unspecified atom stereocenters. The summed E-state index contributed by atoms with van der Waals surface area (Å²) in [5.74, 6) is 1.09. The first-order chi connectivity index (χ1) is 14.9. The number of rotatable bonds is 5. The van der Waals surface area contributed by atoms with E-state index >= 15 is 0 Å². The monoisotopic (exact) mass is 389 g/mol. The topological polar surface area (TPSA) is 42.2 Å². The van der Waals surface area contributed by atoms with Crippen molar-refractivity contribution < 1.29 is 4.52 Å². The summed E-state index contributed by atoms with van der Waals surface area (Å²) >= 11 is 0. The van der Waals surface area contributed by atoms with Crippen molar-refractivity contribution in [1.29, 1.82) is 0 Å². The lowest BCUT2D eigenvalue weighted by Gasteiger charge is -2.25. The molecule has 0 spiro atoms. The van der Waals surface area contributed by atoms with Crippen LogP contribution in [0.1, 0.15) is 0 Å². The first-order valence-corrected chi connectivity index (χ1v) is 9.78. The maximum atomic E-state index is 5.50. The molecule has 5 rings (SSSR count). The van der Waals surface area contributed by atoms with Crippen molar-refractivity contribution in [2.75, 3.05) is 4.90 Å². The molecule has 30 heavy (non-hydrogen) atoms. The van der Waals surface area contributed by atoms with Gasteiger partial charge in [-0.15, -0.1) is 0 Å². The van der Waals surface area contributed by atoms with Gasteiger partial charge in [-0.2, -0.15) is 4.98 Å². The van der Waals surface area contributed by atoms with Gasteiger partial charge in [-0.1, -0.05) is 71.9 Å². The lowest BCUT2D eigenvalue weighted by molar-refractivity contribution is 0.432. The fraction of sp³-hybridized carbons (Fsp3) is 0. The summed E-state index contributed by atoms with van der Waals surface area (Å²) in [6.45, 7) is 0. The molecule has 4 aromatic carbocycles. The minimum atomic E-state index is 0.506. The SMILES string of the molecule is c1ccc(-c2noc(-c3ccc(N(c4ccccc4)c4ccccc4)cc3)n2)cc1. The highest BCUT2D eigenvalue weighted by atomic mass is 16.5. The minimum absolute atomic E-state index is 0.506. The van der Waals surface area contributed by atoms with Gasteiger partial charge >= 0.3 is 0 Å². The highest BCUT2D eigenvalue weighted by Crippen LogP contribution is 2.35. The van der Waals surface area contributed by atoms with Gasteiger partial charge in [0.25, 0.3) is 5.89 Å². The molecular weight excluding hydrogens is 370 g/mol. The molecule has 0 aliphatic carbocycles. The molecule has 144 valence electrons. The second kappa shape index (κ2) is 8.05. The molecule has 0 bridgehead atoms. The van der Waals surface area contributed by atoms with E-state index in [0.29, 0.717) is 11.7 Å². The molecule has 0 aliphatic rings. The van der Waals surface area contributed by atoms with E-state index in [2.05, 4.69) is 51.4 Å². The van der Waals surface area contributed by atoms with E-state index in [-0.39, 0.29) is 0 Å². The summed E-state index contributed by atoms with van der Waals surface area (Å²) in [4.78, 5) is 6.77. The lowest BCUT2D eigenvalue weighted by Crippen LogP contribution is -2.09. The van der Waals surface area contributed by atoms with E-state index in [1.807, 2.05) is 78.9 Å². The fourth-order valence-electron chi connectivity index (χ4n) is 3.40. The first kappa shape index (κ1) is 17.9. The molecule has 0 atom stereocenters. The minimum Gasteiger partial charge on any atom is -0.334 e. The lowest BCUT2D eigenvalue weighted by atomic mass is 10.1. The van der Waals surface area contributed by atoms with E-state index in [1.54, 1.807) is 0 Å². The number of hydrogen-bond donors (Lipinski definition) is 0. The molecule has 1 aromatic heterocycles. The van der Waals surface area contributed by atoms with E-state index in [9.17, 15) is 0 Å². The summed E-state index contributed by atoms with van der Waals surface area (Å²) in [6, 6.07) is 38.6. The predicted molar refractivity (Wildman–Crippen MR) is 120 cm³/mol. The quantitative estimate of drug-likeness (QED) is 0.329. The third-order valence-electron chi connectivity index (χ3n) is 4.86. The van der Waals surface area contributed by atoms with E-state index < -0.39 is 0 Å². The smallest absolute Gasteiger partial charge is 0.258 e. The normalized spacial score (nSPS) is 10.7. The zero-order valence-corrected chi connectivity index (χ0v) is 16.2. The van der Waals surface area contributed by atoms with Gasteiger partial charge in [-0.3, -0.25) is 0 Å². The van der Waals surface area contributed by atoms with E-state index in [1.165, 1.54) is 0 Å². The van der Waals surface area contributed by atoms with Crippen LogP contribution in [-0.2, 0) is 0 Å². The molecule has 0 aliphatic heterocycles. The summed E-state index contributed by atoms with van der Waals surface area (Å²) in [5.41, 5.74) is 5.07. The number of anilines is 3. The summed E-state index contributed by atoms with van der Waals surface area (Å²) in [5, 5.41) is 4.12. The van der Waals surface area contributed by atoms with Crippen LogP contribution in [0.4, 0.5) is 17.1 Å². The Hall–Kier alpha value is -4.18. The number of benzene rings is 4. The summed E-state index contributed by atoms with van der Waals surface area (Å²) in [6.07, 6.45) is 0. The van der Waals surface area contributed by atoms with Gasteiger partial charge in [0.15, 0.2) is 0 Å². The van der Waals surface area contributed by atoms with Crippen LogP contribution in [0.25, 0.3) is 22.8 Å². The van der Waals surface area contributed by atoms with Crippen molar-refractivity contribution in [3.63, 3.8) is 0 Å². The second-order valence-corrected chi connectivity index (χ2v) is 6.84. The van der Waals surface area contributed by atoms with E-state index in [0.717, 1.165) is 28.2 Å². The van der Waals surface area contributed by atoms with Gasteiger partial charge in [0.05, 0.1) is 0 Å². The van der Waals surface area contributed by atoms with E-state index in [4.69, 9.17) is 4.52 Å². The van der Waals surface area contributed by atoms with Crippen molar-refractivity contribution >= 4 is 17.1 Å². The Bertz CT molecular complexity index is 1180. The third-order valence-corrected chi connectivity index (χ3v) is 4.86. The molecule has 0 saturated heterocycles. The van der Waals surface area contributed by atoms with Crippen LogP contribution in [-0.4, -0.2) is 10.1 Å². The molecule has 0 saturated carbocycles. The van der Waals surface area contributed by atoms with Crippen molar-refractivity contribution in [3.8, 4) is 22.8 Å². The number of para-hydroxylation sites is 2. The molecule has 0 radical (unpaired) electrons. The Morgan fingerprint density at radius 2 is 1.00 bits per heavy atom. The van der Waals surface area contributed by atoms with Crippen LogP contribution in [0.2, 0.25) is 0 Å². The molecule has 4 heteroatoms. The largest absolute Gasteiger partial charge is 0.334 e. The average molecular weight is 389 g/mol. The van der Waals surface area contributed by atoms with Crippen LogP contribution < -0.4 is 4.90 Å². The second-order valence-electron chi connectivity index (χ2n) is 6.84. The zero-order valence-electron chi connectivity index (χ0n) is 16.2. The van der Waals surface area contributed by atoms with Crippen molar-refractivity contribution in [3.05, 3.63) is 115 Å². The first-order valence-electron chi connectivity index (χ1n) is 9.78. The third kappa shape index (κ3) is 3.59. The maximum Gasteiger partial charge on any atom is 0.258 e. The molecule has 0 amide bonds. The van der Waals surface area contributed by atoms with Gasteiger partial charge in [-0.05, 0) is 48.5 Å². The van der Waals surface area contributed by atoms with Crippen LogP contribution >= 0.6 is 0 Å². The van der Waals surface area contributed by atoms with Gasteiger partial charge < -0.3 is 9.42 Å². The standard InChI is InChI=1S/C26H19N3O/c1-4-10-20(11-5-1)25-27-26(30-28-25)21-16-18-24(19-17-21)29(22-12-6-2-7-13-22)23-14-8-3-9-15-23/h1-19H. The van der Waals surface area contributed by atoms with Crippen LogP contribution in [0.15, 0.2) is 120 Å². The highest BCUT2D eigenvalue weighted by Gasteiger charge is 2.14. The molecule has 0 fully saturated rings. The highest BCUT2D eigenvalue weighted by molar-refractivity contribution is 5.77. The van der Waals surface area contributed by atoms with Gasteiger partial charge in [-0.25, -0.2) is 0 Å². The van der Waals surface area contributed by atoms with Gasteiger partial charge in [0, 0.05) is 28.2 Å². The Labute approximate surface area is 175 Å². The zero-order chi connectivity index (χ0) is 20.2. The van der Waals surface area contributed by atoms with Crippen LogP contribution in [0, 0.1) is 0 Å². The number of nitrogens with zero attached hydrogens (tertiary/aromatic N) is 3. The van der Waals surface area contributed by atoms with Crippen molar-refractivity contribution in [2.45, 2.75) is 0 Å². The molecule has 0 N–H and O–H groups in total. The summed E-state index contributed by atoms with van der Waals surface area (Å²) in [7, 11) is 0. The Balaban J connectivity index is 1.48. The van der Waals surface area contributed by atoms with Crippen molar-refractivity contribution in [1.82, 2.24) is 10.1 Å². The molecular formula is C26H19N3O. The van der Waals surface area contributed by atoms with Crippen molar-refractivity contribution in [2.24, 2.45) is 0 Å². The van der Waals surface area contributed by atoms with Crippen LogP contribution in [0.3, 0.4) is 0 Å². The molecule has 5 aromatic rings. The molecule has 1 heterocycles. The predicted octanol–water partition coefficient (Wildman–Crippen LogP) is 6.87. The fourth-order valence-corrected chi connectivity index (χ4v) is 3.40. The van der Waals surface area contributed by atoms with Crippen LogP contribution in [0.5, 0.6) is 0 Å². The average Bonchev–Trinajstić information content (AvgIpc) is 3.32.